The van der Waals surface area contributed by atoms with Gasteiger partial charge in [0.15, 0.2) is 11.6 Å². The van der Waals surface area contributed by atoms with Crippen LogP contribution in [0.5, 0.6) is 5.75 Å². The van der Waals surface area contributed by atoms with E-state index in [1.807, 2.05) is 42.6 Å². The summed E-state index contributed by atoms with van der Waals surface area (Å²) >= 11 is 0. The molecular formula is C23H24FN5O. The minimum Gasteiger partial charge on any atom is -0.493 e. The number of para-hydroxylation sites is 1. The number of anilines is 2. The Morgan fingerprint density at radius 3 is 2.67 bits per heavy atom. The molecule has 0 bridgehead atoms. The minimum atomic E-state index is -0.316. The maximum atomic E-state index is 13.7. The van der Waals surface area contributed by atoms with Gasteiger partial charge in [-0.15, -0.1) is 5.10 Å². The number of aryl methyl sites for hydroxylation is 2. The summed E-state index contributed by atoms with van der Waals surface area (Å²) in [6.07, 6.45) is 1.73. The van der Waals surface area contributed by atoms with Crippen LogP contribution in [0, 0.1) is 12.7 Å². The molecule has 0 saturated heterocycles. The van der Waals surface area contributed by atoms with Gasteiger partial charge < -0.3 is 10.1 Å². The fraction of sp³-hybridized carbons (Fsp3) is 0.261. The summed E-state index contributed by atoms with van der Waals surface area (Å²) in [4.78, 5) is 9.50. The predicted molar refractivity (Wildman–Crippen MR) is 116 cm³/mol. The lowest BCUT2D eigenvalue weighted by atomic mass is 10.2. The highest BCUT2D eigenvalue weighted by atomic mass is 19.1. The Balaban J connectivity index is 1.93. The molecule has 2 aromatic heterocycles. The van der Waals surface area contributed by atoms with E-state index in [1.54, 1.807) is 12.1 Å². The van der Waals surface area contributed by atoms with Crippen molar-refractivity contribution in [3.8, 4) is 17.1 Å². The number of halogens is 1. The molecule has 0 fully saturated rings. The third kappa shape index (κ3) is 3.83. The number of nitrogens with one attached hydrogen (secondary N) is 1. The van der Waals surface area contributed by atoms with Gasteiger partial charge in [0.1, 0.15) is 22.9 Å². The average molecular weight is 405 g/mol. The van der Waals surface area contributed by atoms with Crippen molar-refractivity contribution in [1.82, 2.24) is 19.6 Å². The Hall–Kier alpha value is -3.48. The van der Waals surface area contributed by atoms with E-state index >= 15 is 0 Å². The zero-order chi connectivity index (χ0) is 21.1. The van der Waals surface area contributed by atoms with E-state index in [0.717, 1.165) is 35.4 Å². The van der Waals surface area contributed by atoms with Crippen LogP contribution in [-0.2, 0) is 6.42 Å². The van der Waals surface area contributed by atoms with Crippen molar-refractivity contribution in [1.29, 1.82) is 0 Å². The number of hydrogen-bond acceptors (Lipinski definition) is 5. The van der Waals surface area contributed by atoms with Crippen molar-refractivity contribution in [3.05, 3.63) is 65.9 Å². The van der Waals surface area contributed by atoms with Crippen LogP contribution in [0.1, 0.15) is 31.8 Å². The summed E-state index contributed by atoms with van der Waals surface area (Å²) in [6, 6.07) is 14.0. The SMILES string of the molecule is CCCc1nc(C)c2c(Nc3cccc(F)c3)nc(-c3ccccc3OCC)nn12. The number of imidazole rings is 1. The maximum absolute atomic E-state index is 13.7. The zero-order valence-corrected chi connectivity index (χ0v) is 17.3. The fourth-order valence-corrected chi connectivity index (χ4v) is 3.45. The van der Waals surface area contributed by atoms with Gasteiger partial charge in [0.05, 0.1) is 17.9 Å². The average Bonchev–Trinajstić information content (AvgIpc) is 3.05. The maximum Gasteiger partial charge on any atom is 0.185 e. The van der Waals surface area contributed by atoms with Crippen LogP contribution >= 0.6 is 0 Å². The van der Waals surface area contributed by atoms with Gasteiger partial charge in [-0.25, -0.2) is 18.9 Å². The first-order chi connectivity index (χ1) is 14.6. The first-order valence-electron chi connectivity index (χ1n) is 10.1. The van der Waals surface area contributed by atoms with Crippen molar-refractivity contribution in [2.45, 2.75) is 33.6 Å². The number of aromatic nitrogens is 4. The topological polar surface area (TPSA) is 64.3 Å². The monoisotopic (exact) mass is 405 g/mol. The summed E-state index contributed by atoms with van der Waals surface area (Å²) in [6.45, 7) is 6.52. The Morgan fingerprint density at radius 1 is 1.07 bits per heavy atom. The molecule has 2 heterocycles. The molecule has 0 unspecified atom stereocenters. The number of benzene rings is 2. The van der Waals surface area contributed by atoms with Crippen molar-refractivity contribution in [2.24, 2.45) is 0 Å². The highest BCUT2D eigenvalue weighted by Crippen LogP contribution is 2.31. The molecule has 0 spiro atoms. The molecule has 4 rings (SSSR count). The highest BCUT2D eigenvalue weighted by Gasteiger charge is 2.19. The van der Waals surface area contributed by atoms with Gasteiger partial charge in [-0.05, 0) is 50.6 Å². The fourth-order valence-electron chi connectivity index (χ4n) is 3.45. The standard InChI is InChI=1S/C23H24FN5O/c1-4-9-20-25-15(3)21-23(26-17-11-8-10-16(24)14-17)27-22(28-29(20)21)18-12-6-7-13-19(18)30-5-2/h6-8,10-14H,4-5,9H2,1-3H3,(H,26,27,28). The van der Waals surface area contributed by atoms with Crippen LogP contribution < -0.4 is 10.1 Å². The van der Waals surface area contributed by atoms with Gasteiger partial charge >= 0.3 is 0 Å². The quantitative estimate of drug-likeness (QED) is 0.450. The first-order valence-corrected chi connectivity index (χ1v) is 10.1. The molecule has 154 valence electrons. The largest absolute Gasteiger partial charge is 0.493 e. The van der Waals surface area contributed by atoms with Gasteiger partial charge in [-0.3, -0.25) is 0 Å². The smallest absolute Gasteiger partial charge is 0.185 e. The summed E-state index contributed by atoms with van der Waals surface area (Å²) < 4.78 is 21.4. The molecule has 2 aromatic carbocycles. The number of hydrogen-bond donors (Lipinski definition) is 1. The number of ether oxygens (including phenoxy) is 1. The van der Waals surface area contributed by atoms with Crippen LogP contribution in [0.4, 0.5) is 15.9 Å². The zero-order valence-electron chi connectivity index (χ0n) is 17.3. The van der Waals surface area contributed by atoms with Gasteiger partial charge in [0, 0.05) is 12.1 Å². The predicted octanol–water partition coefficient (Wildman–Crippen LogP) is 5.33. The Bertz CT molecular complexity index is 1190. The van der Waals surface area contributed by atoms with Gasteiger partial charge in [0.25, 0.3) is 0 Å². The summed E-state index contributed by atoms with van der Waals surface area (Å²) in [5, 5.41) is 8.05. The second-order valence-corrected chi connectivity index (χ2v) is 6.97. The van der Waals surface area contributed by atoms with Crippen molar-refractivity contribution >= 4 is 17.0 Å². The molecule has 6 nitrogen and oxygen atoms in total. The third-order valence-electron chi connectivity index (χ3n) is 4.72. The van der Waals surface area contributed by atoms with Crippen LogP contribution in [0.3, 0.4) is 0 Å². The van der Waals surface area contributed by atoms with Crippen LogP contribution in [0.2, 0.25) is 0 Å². The molecule has 0 aliphatic heterocycles. The lowest BCUT2D eigenvalue weighted by Crippen LogP contribution is -2.07. The van der Waals surface area contributed by atoms with E-state index in [0.29, 0.717) is 29.7 Å². The molecule has 0 atom stereocenters. The summed E-state index contributed by atoms with van der Waals surface area (Å²) in [5.74, 6) is 2.35. The van der Waals surface area contributed by atoms with Crippen LogP contribution in [0.25, 0.3) is 16.9 Å². The van der Waals surface area contributed by atoms with Crippen LogP contribution in [-0.4, -0.2) is 26.2 Å². The molecule has 4 aromatic rings. The van der Waals surface area contributed by atoms with E-state index in [2.05, 4.69) is 12.2 Å². The molecule has 0 aliphatic rings. The van der Waals surface area contributed by atoms with Gasteiger partial charge in [-0.1, -0.05) is 25.1 Å². The first kappa shape index (κ1) is 19.8. The summed E-state index contributed by atoms with van der Waals surface area (Å²) in [7, 11) is 0. The summed E-state index contributed by atoms with van der Waals surface area (Å²) in [5.41, 5.74) is 3.00. The van der Waals surface area contributed by atoms with Crippen LogP contribution in [0.15, 0.2) is 48.5 Å². The van der Waals surface area contributed by atoms with Crippen molar-refractivity contribution < 1.29 is 9.13 Å². The van der Waals surface area contributed by atoms with E-state index in [-0.39, 0.29) is 5.82 Å². The molecule has 7 heteroatoms. The van der Waals surface area contributed by atoms with E-state index in [4.69, 9.17) is 19.8 Å². The molecule has 0 amide bonds. The Labute approximate surface area is 174 Å². The molecule has 30 heavy (non-hydrogen) atoms. The van der Waals surface area contributed by atoms with Gasteiger partial charge in [0.2, 0.25) is 0 Å². The van der Waals surface area contributed by atoms with Crippen molar-refractivity contribution in [2.75, 3.05) is 11.9 Å². The second kappa shape index (κ2) is 8.49. The Morgan fingerprint density at radius 2 is 1.90 bits per heavy atom. The van der Waals surface area contributed by atoms with Crippen molar-refractivity contribution in [3.63, 3.8) is 0 Å². The van der Waals surface area contributed by atoms with Gasteiger partial charge in [-0.2, -0.15) is 0 Å². The molecule has 0 saturated carbocycles. The number of fused-ring (bicyclic) bond motifs is 1. The second-order valence-electron chi connectivity index (χ2n) is 6.97. The van der Waals surface area contributed by atoms with E-state index < -0.39 is 0 Å². The normalized spacial score (nSPS) is 11.1. The lowest BCUT2D eigenvalue weighted by Gasteiger charge is -2.13. The molecule has 0 radical (unpaired) electrons. The highest BCUT2D eigenvalue weighted by molar-refractivity contribution is 5.78. The number of rotatable bonds is 7. The third-order valence-corrected chi connectivity index (χ3v) is 4.72. The van der Waals surface area contributed by atoms with E-state index in [1.165, 1.54) is 12.1 Å². The van der Waals surface area contributed by atoms with E-state index in [9.17, 15) is 4.39 Å². The lowest BCUT2D eigenvalue weighted by molar-refractivity contribution is 0.341. The molecule has 0 aliphatic carbocycles. The number of nitrogens with zero attached hydrogens (tertiary/aromatic N) is 4. The molecular weight excluding hydrogens is 381 g/mol. The Kier molecular flexibility index (Phi) is 5.61. The minimum absolute atomic E-state index is 0.316. The molecule has 1 N–H and O–H groups in total.